The Morgan fingerprint density at radius 2 is 2.38 bits per heavy atom. The second kappa shape index (κ2) is 6.19. The normalized spacial score (nSPS) is 14.5. The fraction of sp³-hybridized carbons (Fsp3) is 0.556. The average molecular weight is 263 g/mol. The molecule has 5 nitrogen and oxygen atoms in total. The van der Waals surface area contributed by atoms with E-state index in [0.717, 1.165) is 11.3 Å². The largest absolute Gasteiger partial charge is 0.461 e. The van der Waals surface area contributed by atoms with Crippen LogP contribution in [0.25, 0.3) is 0 Å². The molecule has 2 N–H and O–H groups in total. The van der Waals surface area contributed by atoms with Crippen LogP contribution in [-0.2, 0) is 4.74 Å². The van der Waals surface area contributed by atoms with E-state index in [1.54, 1.807) is 6.92 Å². The Hall–Kier alpha value is -0.630. The van der Waals surface area contributed by atoms with Gasteiger partial charge in [0.1, 0.15) is 6.10 Å². The molecule has 0 aliphatic rings. The van der Waals surface area contributed by atoms with Crippen LogP contribution in [0.4, 0.5) is 0 Å². The molecule has 90 valence electrons. The van der Waals surface area contributed by atoms with E-state index in [1.165, 1.54) is 5.51 Å². The average Bonchev–Trinajstić information content (AvgIpc) is 2.76. The summed E-state index contributed by atoms with van der Waals surface area (Å²) < 4.78 is 4.78. The van der Waals surface area contributed by atoms with Gasteiger partial charge in [0.2, 0.25) is 0 Å². The second-order valence-corrected chi connectivity index (χ2v) is 4.23. The summed E-state index contributed by atoms with van der Waals surface area (Å²) in [6, 6.07) is 0. The number of hydrogen-bond donors (Lipinski definition) is 3. The van der Waals surface area contributed by atoms with E-state index in [-0.39, 0.29) is 18.1 Å². The summed E-state index contributed by atoms with van der Waals surface area (Å²) in [5, 5.41) is 19.2. The minimum Gasteiger partial charge on any atom is -0.461 e. The molecule has 0 saturated carbocycles. The summed E-state index contributed by atoms with van der Waals surface area (Å²) in [6.07, 6.45) is -2.19. The fourth-order valence-corrected chi connectivity index (χ4v) is 2.11. The summed E-state index contributed by atoms with van der Waals surface area (Å²) in [7, 11) is 0. The molecule has 0 fully saturated rings. The number of ether oxygens (including phenoxy) is 1. The molecule has 1 aromatic heterocycles. The number of hydrogen-bond acceptors (Lipinski definition) is 7. The highest BCUT2D eigenvalue weighted by Gasteiger charge is 2.26. The SMILES string of the molecule is CCOC(=O)c1ncsc1C(O)C(O)CS. The van der Waals surface area contributed by atoms with Crippen LogP contribution in [-0.4, -0.2) is 39.6 Å². The minimum atomic E-state index is -1.16. The zero-order chi connectivity index (χ0) is 12.1. The summed E-state index contributed by atoms with van der Waals surface area (Å²) in [5.74, 6) is -0.495. The van der Waals surface area contributed by atoms with Gasteiger partial charge in [-0.25, -0.2) is 9.78 Å². The van der Waals surface area contributed by atoms with Gasteiger partial charge in [0.25, 0.3) is 0 Å². The van der Waals surface area contributed by atoms with Crippen LogP contribution < -0.4 is 0 Å². The number of aromatic nitrogens is 1. The molecule has 0 amide bonds. The molecule has 1 aromatic rings. The van der Waals surface area contributed by atoms with E-state index in [4.69, 9.17) is 4.74 Å². The molecule has 0 aliphatic heterocycles. The number of carbonyl (C=O) groups is 1. The van der Waals surface area contributed by atoms with E-state index in [9.17, 15) is 15.0 Å². The third-order valence-corrected chi connectivity index (χ3v) is 3.16. The van der Waals surface area contributed by atoms with E-state index in [1.807, 2.05) is 0 Å². The Balaban J connectivity index is 2.89. The Labute approximate surface area is 102 Å². The van der Waals surface area contributed by atoms with Crippen molar-refractivity contribution in [1.82, 2.24) is 4.98 Å². The van der Waals surface area contributed by atoms with Crippen LogP contribution in [0.15, 0.2) is 5.51 Å². The molecule has 0 saturated heterocycles. The lowest BCUT2D eigenvalue weighted by atomic mass is 10.1. The number of rotatable bonds is 5. The van der Waals surface area contributed by atoms with Crippen LogP contribution in [0.5, 0.6) is 0 Å². The summed E-state index contributed by atoms with van der Waals surface area (Å²) in [5.41, 5.74) is 1.48. The van der Waals surface area contributed by atoms with Gasteiger partial charge in [0.05, 0.1) is 23.1 Å². The Morgan fingerprint density at radius 3 is 2.94 bits per heavy atom. The predicted octanol–water partition coefficient (Wildman–Crippen LogP) is 0.644. The smallest absolute Gasteiger partial charge is 0.358 e. The molecule has 0 radical (unpaired) electrons. The van der Waals surface area contributed by atoms with Gasteiger partial charge in [0, 0.05) is 5.75 Å². The van der Waals surface area contributed by atoms with E-state index in [2.05, 4.69) is 17.6 Å². The molecular formula is C9H13NO4S2. The maximum absolute atomic E-state index is 11.5. The quantitative estimate of drug-likeness (QED) is 0.537. The molecule has 1 rings (SSSR count). The van der Waals surface area contributed by atoms with Crippen LogP contribution in [0.2, 0.25) is 0 Å². The number of carbonyl (C=O) groups excluding carboxylic acids is 1. The van der Waals surface area contributed by atoms with E-state index < -0.39 is 18.2 Å². The van der Waals surface area contributed by atoms with Crippen molar-refractivity contribution in [2.45, 2.75) is 19.1 Å². The Kier molecular flexibility index (Phi) is 5.20. The molecular weight excluding hydrogens is 250 g/mol. The molecule has 0 spiro atoms. The summed E-state index contributed by atoms with van der Waals surface area (Å²) in [4.78, 5) is 15.6. The minimum absolute atomic E-state index is 0.0557. The standard InChI is InChI=1S/C9H13NO4S2/c1-2-14-9(13)6-8(16-4-10-6)7(12)5(11)3-15/h4-5,7,11-12,15H,2-3H2,1H3. The van der Waals surface area contributed by atoms with Crippen molar-refractivity contribution in [3.8, 4) is 0 Å². The lowest BCUT2D eigenvalue weighted by Crippen LogP contribution is -2.21. The molecule has 1 heterocycles. The first-order chi connectivity index (χ1) is 7.61. The molecule has 7 heteroatoms. The van der Waals surface area contributed by atoms with Gasteiger partial charge in [0.15, 0.2) is 5.69 Å². The lowest BCUT2D eigenvalue weighted by molar-refractivity contribution is 0.0329. The molecule has 0 aliphatic carbocycles. The van der Waals surface area contributed by atoms with Crippen molar-refractivity contribution in [2.75, 3.05) is 12.4 Å². The van der Waals surface area contributed by atoms with Crippen molar-refractivity contribution < 1.29 is 19.7 Å². The third-order valence-electron chi connectivity index (χ3n) is 1.88. The highest BCUT2D eigenvalue weighted by molar-refractivity contribution is 7.80. The first-order valence-corrected chi connectivity index (χ1v) is 6.20. The maximum atomic E-state index is 11.5. The third kappa shape index (κ3) is 2.94. The van der Waals surface area contributed by atoms with Crippen LogP contribution >= 0.6 is 24.0 Å². The van der Waals surface area contributed by atoms with Gasteiger partial charge in [-0.2, -0.15) is 12.6 Å². The number of thiol groups is 1. The van der Waals surface area contributed by atoms with E-state index in [0.29, 0.717) is 4.88 Å². The van der Waals surface area contributed by atoms with Crippen molar-refractivity contribution in [3.05, 3.63) is 16.1 Å². The highest BCUT2D eigenvalue weighted by Crippen LogP contribution is 2.25. The van der Waals surface area contributed by atoms with Gasteiger partial charge >= 0.3 is 5.97 Å². The predicted molar refractivity (Wildman–Crippen MR) is 62.9 cm³/mol. The maximum Gasteiger partial charge on any atom is 0.358 e. The number of nitrogens with zero attached hydrogens (tertiary/aromatic N) is 1. The summed E-state index contributed by atoms with van der Waals surface area (Å²) >= 11 is 4.97. The van der Waals surface area contributed by atoms with Crippen molar-refractivity contribution in [2.24, 2.45) is 0 Å². The van der Waals surface area contributed by atoms with Crippen molar-refractivity contribution in [3.63, 3.8) is 0 Å². The first-order valence-electron chi connectivity index (χ1n) is 4.69. The van der Waals surface area contributed by atoms with Crippen molar-refractivity contribution >= 4 is 29.9 Å². The van der Waals surface area contributed by atoms with Crippen LogP contribution in [0.3, 0.4) is 0 Å². The number of aliphatic hydroxyl groups excluding tert-OH is 2. The number of esters is 1. The van der Waals surface area contributed by atoms with E-state index >= 15 is 0 Å². The molecule has 16 heavy (non-hydrogen) atoms. The van der Waals surface area contributed by atoms with Crippen LogP contribution in [0, 0.1) is 0 Å². The topological polar surface area (TPSA) is 79.7 Å². The van der Waals surface area contributed by atoms with Gasteiger partial charge in [-0.3, -0.25) is 0 Å². The zero-order valence-electron chi connectivity index (χ0n) is 8.66. The van der Waals surface area contributed by atoms with Gasteiger partial charge < -0.3 is 14.9 Å². The van der Waals surface area contributed by atoms with Crippen LogP contribution in [0.1, 0.15) is 28.4 Å². The zero-order valence-corrected chi connectivity index (χ0v) is 10.4. The molecule has 0 aromatic carbocycles. The van der Waals surface area contributed by atoms with Gasteiger partial charge in [-0.15, -0.1) is 11.3 Å². The highest BCUT2D eigenvalue weighted by atomic mass is 32.1. The molecule has 2 unspecified atom stereocenters. The first kappa shape index (κ1) is 13.4. The number of aliphatic hydroxyl groups is 2. The monoisotopic (exact) mass is 263 g/mol. The Bertz CT molecular complexity index is 355. The second-order valence-electron chi connectivity index (χ2n) is 2.98. The van der Waals surface area contributed by atoms with Gasteiger partial charge in [-0.1, -0.05) is 0 Å². The molecule has 0 bridgehead atoms. The summed E-state index contributed by atoms with van der Waals surface area (Å²) in [6.45, 7) is 1.92. The fourth-order valence-electron chi connectivity index (χ4n) is 1.09. The number of thiazole rings is 1. The van der Waals surface area contributed by atoms with Crippen molar-refractivity contribution in [1.29, 1.82) is 0 Å². The van der Waals surface area contributed by atoms with Gasteiger partial charge in [-0.05, 0) is 6.92 Å². The lowest BCUT2D eigenvalue weighted by Gasteiger charge is -2.14. The molecule has 2 atom stereocenters. The Morgan fingerprint density at radius 1 is 1.69 bits per heavy atom.